The van der Waals surface area contributed by atoms with Gasteiger partial charge in [0.05, 0.1) is 11.0 Å². The van der Waals surface area contributed by atoms with Crippen molar-refractivity contribution in [3.8, 4) is 0 Å². The number of hydrogen-bond acceptors (Lipinski definition) is 6. The number of aliphatic hydroxyl groups is 1. The minimum atomic E-state index is -0.757. The number of aliphatic hydroxyl groups excluding tert-OH is 1. The summed E-state index contributed by atoms with van der Waals surface area (Å²) >= 11 is 0. The van der Waals surface area contributed by atoms with Gasteiger partial charge in [0, 0.05) is 17.3 Å². The van der Waals surface area contributed by atoms with E-state index < -0.39 is 29.5 Å². The maximum Gasteiger partial charge on any atom is 0.355 e. The number of ether oxygens (including phenoxy) is 1. The summed E-state index contributed by atoms with van der Waals surface area (Å²) in [6, 6.07) is 4.41. The second kappa shape index (κ2) is 8.00. The van der Waals surface area contributed by atoms with Crippen LogP contribution in [0.3, 0.4) is 0 Å². The van der Waals surface area contributed by atoms with Gasteiger partial charge in [-0.15, -0.1) is 0 Å². The van der Waals surface area contributed by atoms with Crippen molar-refractivity contribution in [3.05, 3.63) is 56.4 Å². The van der Waals surface area contributed by atoms with Crippen molar-refractivity contribution in [3.63, 3.8) is 0 Å². The number of rotatable bonds is 6. The Labute approximate surface area is 155 Å². The molecule has 1 heterocycles. The molecule has 2 aromatic rings. The number of anilines is 1. The largest absolute Gasteiger partial charge is 0.451 e. The lowest BCUT2D eigenvalue weighted by atomic mass is 10.1. The first-order chi connectivity index (χ1) is 12.6. The molecule has 3 N–H and O–H groups in total. The minimum absolute atomic E-state index is 0.0619. The predicted octanol–water partition coefficient (Wildman–Crippen LogP) is 2.70. The van der Waals surface area contributed by atoms with E-state index in [1.54, 1.807) is 33.8 Å². The van der Waals surface area contributed by atoms with Crippen molar-refractivity contribution in [2.45, 2.75) is 33.8 Å². The molecule has 0 aliphatic rings. The SMILES string of the molecule is Cc1cccc([N+](=O)[O-])c1NC(=O)COC(=O)c1[nH]c(C)c([C@H](C)O)c1C. The number of H-pyrrole nitrogens is 1. The average Bonchev–Trinajstić information content (AvgIpc) is 2.88. The van der Waals surface area contributed by atoms with E-state index in [-0.39, 0.29) is 17.1 Å². The van der Waals surface area contributed by atoms with E-state index in [0.717, 1.165) is 0 Å². The number of esters is 1. The molecular weight excluding hydrogens is 354 g/mol. The Kier molecular flexibility index (Phi) is 5.96. The molecule has 0 fully saturated rings. The molecule has 1 aromatic carbocycles. The number of hydrogen-bond donors (Lipinski definition) is 3. The van der Waals surface area contributed by atoms with E-state index in [9.17, 15) is 24.8 Å². The normalized spacial score (nSPS) is 11.7. The highest BCUT2D eigenvalue weighted by Crippen LogP contribution is 2.28. The van der Waals surface area contributed by atoms with Gasteiger partial charge in [-0.25, -0.2) is 4.79 Å². The van der Waals surface area contributed by atoms with Crippen LogP contribution < -0.4 is 5.32 Å². The van der Waals surface area contributed by atoms with E-state index in [4.69, 9.17) is 4.74 Å². The predicted molar refractivity (Wildman–Crippen MR) is 97.6 cm³/mol. The van der Waals surface area contributed by atoms with Crippen LogP contribution >= 0.6 is 0 Å². The highest BCUT2D eigenvalue weighted by atomic mass is 16.6. The monoisotopic (exact) mass is 375 g/mol. The summed E-state index contributed by atoms with van der Waals surface area (Å²) in [6.07, 6.45) is -0.757. The van der Waals surface area contributed by atoms with Crippen LogP contribution in [-0.2, 0) is 9.53 Å². The quantitative estimate of drug-likeness (QED) is 0.404. The number of carbonyl (C=O) groups excluding carboxylic acids is 2. The van der Waals surface area contributed by atoms with Crippen LogP contribution in [0.25, 0.3) is 0 Å². The number of nitrogens with one attached hydrogen (secondary N) is 2. The zero-order valence-electron chi connectivity index (χ0n) is 15.5. The number of aromatic nitrogens is 1. The maximum atomic E-state index is 12.2. The van der Waals surface area contributed by atoms with Gasteiger partial charge in [-0.05, 0) is 38.8 Å². The lowest BCUT2D eigenvalue weighted by Gasteiger charge is -2.09. The number of aryl methyl sites for hydroxylation is 2. The third-order valence-electron chi connectivity index (χ3n) is 4.16. The van der Waals surface area contributed by atoms with Gasteiger partial charge in [-0.2, -0.15) is 0 Å². The van der Waals surface area contributed by atoms with Gasteiger partial charge in [-0.3, -0.25) is 14.9 Å². The smallest absolute Gasteiger partial charge is 0.355 e. The topological polar surface area (TPSA) is 135 Å². The van der Waals surface area contributed by atoms with Gasteiger partial charge in [0.1, 0.15) is 11.4 Å². The fourth-order valence-electron chi connectivity index (χ4n) is 2.94. The van der Waals surface area contributed by atoms with Gasteiger partial charge < -0.3 is 20.1 Å². The summed E-state index contributed by atoms with van der Waals surface area (Å²) in [5.41, 5.74) is 2.26. The summed E-state index contributed by atoms with van der Waals surface area (Å²) in [5.74, 6) is -1.45. The molecule has 0 aliphatic carbocycles. The molecule has 0 bridgehead atoms. The number of carbonyl (C=O) groups is 2. The molecule has 1 atom stereocenters. The zero-order chi connectivity index (χ0) is 20.3. The lowest BCUT2D eigenvalue weighted by molar-refractivity contribution is -0.384. The molecule has 0 saturated carbocycles. The Hall–Kier alpha value is -3.20. The van der Waals surface area contributed by atoms with Gasteiger partial charge in [0.15, 0.2) is 6.61 Å². The lowest BCUT2D eigenvalue weighted by Crippen LogP contribution is -2.22. The van der Waals surface area contributed by atoms with E-state index >= 15 is 0 Å². The molecule has 27 heavy (non-hydrogen) atoms. The number of benzene rings is 1. The molecule has 9 nitrogen and oxygen atoms in total. The van der Waals surface area contributed by atoms with Gasteiger partial charge in [0.25, 0.3) is 11.6 Å². The maximum absolute atomic E-state index is 12.2. The molecule has 9 heteroatoms. The average molecular weight is 375 g/mol. The fourth-order valence-corrected chi connectivity index (χ4v) is 2.94. The third-order valence-corrected chi connectivity index (χ3v) is 4.16. The van der Waals surface area contributed by atoms with Gasteiger partial charge >= 0.3 is 5.97 Å². The van der Waals surface area contributed by atoms with Crippen molar-refractivity contribution in [2.24, 2.45) is 0 Å². The van der Waals surface area contributed by atoms with E-state index in [0.29, 0.717) is 22.4 Å². The third kappa shape index (κ3) is 4.32. The zero-order valence-corrected chi connectivity index (χ0v) is 15.5. The Morgan fingerprint density at radius 2 is 2.00 bits per heavy atom. The standard InChI is InChI=1S/C18H21N3O6/c1-9-6-5-7-13(21(25)26)16(9)20-14(23)8-27-18(24)17-10(2)15(12(4)22)11(3)19-17/h5-7,12,19,22H,8H2,1-4H3,(H,20,23)/t12-/m0/s1. The van der Waals surface area contributed by atoms with Gasteiger partial charge in [-0.1, -0.05) is 12.1 Å². The molecule has 0 saturated heterocycles. The summed E-state index contributed by atoms with van der Waals surface area (Å²) in [5, 5.41) is 23.3. The second-order valence-corrected chi connectivity index (χ2v) is 6.19. The number of aromatic amines is 1. The Bertz CT molecular complexity index is 901. The first-order valence-corrected chi connectivity index (χ1v) is 8.21. The molecule has 1 aromatic heterocycles. The van der Waals surface area contributed by atoms with Crippen LogP contribution in [0.4, 0.5) is 11.4 Å². The van der Waals surface area contributed by atoms with Crippen molar-refractivity contribution in [2.75, 3.05) is 11.9 Å². The Morgan fingerprint density at radius 3 is 2.56 bits per heavy atom. The molecule has 1 amide bonds. The van der Waals surface area contributed by atoms with Crippen LogP contribution in [0.5, 0.6) is 0 Å². The minimum Gasteiger partial charge on any atom is -0.451 e. The summed E-state index contributed by atoms with van der Waals surface area (Å²) in [7, 11) is 0. The van der Waals surface area contributed by atoms with E-state index in [2.05, 4.69) is 10.3 Å². The number of amides is 1. The van der Waals surface area contributed by atoms with Crippen LogP contribution in [0.15, 0.2) is 18.2 Å². The first-order valence-electron chi connectivity index (χ1n) is 8.21. The van der Waals surface area contributed by atoms with Crippen molar-refractivity contribution < 1.29 is 24.4 Å². The second-order valence-electron chi connectivity index (χ2n) is 6.19. The Balaban J connectivity index is 2.08. The molecular formula is C18H21N3O6. The first kappa shape index (κ1) is 20.1. The highest BCUT2D eigenvalue weighted by Gasteiger charge is 2.22. The van der Waals surface area contributed by atoms with Crippen LogP contribution in [0.2, 0.25) is 0 Å². The van der Waals surface area contributed by atoms with Crippen LogP contribution in [0, 0.1) is 30.9 Å². The number of nitro groups is 1. The number of nitrogens with zero attached hydrogens (tertiary/aromatic N) is 1. The van der Waals surface area contributed by atoms with Gasteiger partial charge in [0.2, 0.25) is 0 Å². The summed E-state index contributed by atoms with van der Waals surface area (Å²) < 4.78 is 5.00. The number of nitro benzene ring substituents is 1. The van der Waals surface area contributed by atoms with Crippen LogP contribution in [-0.4, -0.2) is 33.5 Å². The fraction of sp³-hybridized carbons (Fsp3) is 0.333. The van der Waals surface area contributed by atoms with Crippen molar-refractivity contribution >= 4 is 23.3 Å². The van der Waals surface area contributed by atoms with Crippen LogP contribution in [0.1, 0.15) is 45.9 Å². The molecule has 0 radical (unpaired) electrons. The van der Waals surface area contributed by atoms with E-state index in [1.807, 2.05) is 0 Å². The molecule has 2 rings (SSSR count). The molecule has 0 spiro atoms. The Morgan fingerprint density at radius 1 is 1.33 bits per heavy atom. The molecule has 0 unspecified atom stereocenters. The summed E-state index contributed by atoms with van der Waals surface area (Å²) in [4.78, 5) is 37.6. The molecule has 144 valence electrons. The summed E-state index contributed by atoms with van der Waals surface area (Å²) in [6.45, 7) is 5.98. The van der Waals surface area contributed by atoms with Crippen molar-refractivity contribution in [1.82, 2.24) is 4.98 Å². The highest BCUT2D eigenvalue weighted by molar-refractivity contribution is 5.97. The molecule has 0 aliphatic heterocycles. The van der Waals surface area contributed by atoms with Crippen molar-refractivity contribution in [1.29, 1.82) is 0 Å². The number of para-hydroxylation sites is 1. The van der Waals surface area contributed by atoms with E-state index in [1.165, 1.54) is 12.1 Å².